The lowest BCUT2D eigenvalue weighted by molar-refractivity contribution is -0.127. The summed E-state index contributed by atoms with van der Waals surface area (Å²) in [5.41, 5.74) is 5.03. The van der Waals surface area contributed by atoms with Crippen molar-refractivity contribution in [3.8, 4) is 17.4 Å². The Morgan fingerprint density at radius 3 is 2.30 bits per heavy atom. The Balaban J connectivity index is 0.00000423. The van der Waals surface area contributed by atoms with Gasteiger partial charge in [-0.3, -0.25) is 9.69 Å². The van der Waals surface area contributed by atoms with E-state index in [9.17, 15) is 9.18 Å². The summed E-state index contributed by atoms with van der Waals surface area (Å²) in [4.78, 5) is 21.4. The average Bonchev–Trinajstić information content (AvgIpc) is 2.99. The van der Waals surface area contributed by atoms with Gasteiger partial charge in [0, 0.05) is 44.9 Å². The minimum Gasteiger partial charge on any atom is -0.487 e. The van der Waals surface area contributed by atoms with Gasteiger partial charge in [-0.15, -0.1) is 12.4 Å². The Morgan fingerprint density at radius 1 is 0.953 bits per heavy atom. The number of benzene rings is 3. The Kier molecular flexibility index (Phi) is 11.2. The van der Waals surface area contributed by atoms with Gasteiger partial charge in [0.1, 0.15) is 18.2 Å². The molecule has 0 spiro atoms. The maximum atomic E-state index is 13.1. The molecule has 0 atom stereocenters. The highest BCUT2D eigenvalue weighted by molar-refractivity contribution is 6.32. The molecule has 0 unspecified atom stereocenters. The van der Waals surface area contributed by atoms with Crippen molar-refractivity contribution >= 4 is 36.0 Å². The first-order chi connectivity index (χ1) is 20.3. The first kappa shape index (κ1) is 32.0. The number of rotatable bonds is 9. The zero-order valence-electron chi connectivity index (χ0n) is 24.1. The number of hydrogen-bond acceptors (Lipinski definition) is 5. The van der Waals surface area contributed by atoms with Crippen LogP contribution in [0.15, 0.2) is 85.1 Å². The fraction of sp³-hybridized carbons (Fsp3) is 0.235. The molecule has 1 fully saturated rings. The second-order valence-electron chi connectivity index (χ2n) is 10.4. The summed E-state index contributed by atoms with van der Waals surface area (Å²) in [6, 6.07) is 21.9. The molecule has 6 nitrogen and oxygen atoms in total. The molecule has 9 heteroatoms. The monoisotopic (exact) mass is 621 g/mol. The van der Waals surface area contributed by atoms with E-state index in [1.165, 1.54) is 23.3 Å². The van der Waals surface area contributed by atoms with E-state index < -0.39 is 0 Å². The first-order valence-corrected chi connectivity index (χ1v) is 14.3. The molecule has 1 amide bonds. The van der Waals surface area contributed by atoms with Crippen molar-refractivity contribution in [3.05, 3.63) is 124 Å². The van der Waals surface area contributed by atoms with Crippen LogP contribution in [0.25, 0.3) is 6.08 Å². The van der Waals surface area contributed by atoms with Crippen LogP contribution in [0.4, 0.5) is 4.39 Å². The van der Waals surface area contributed by atoms with E-state index in [1.54, 1.807) is 48.7 Å². The summed E-state index contributed by atoms with van der Waals surface area (Å²) < 4.78 is 24.7. The topological polar surface area (TPSA) is 54.9 Å². The molecule has 0 saturated carbocycles. The fourth-order valence-electron chi connectivity index (χ4n) is 4.70. The Morgan fingerprint density at radius 2 is 1.65 bits per heavy atom. The second kappa shape index (κ2) is 15.0. The van der Waals surface area contributed by atoms with Crippen LogP contribution in [0.1, 0.15) is 27.8 Å². The van der Waals surface area contributed by atoms with Crippen LogP contribution in [0, 0.1) is 19.7 Å². The van der Waals surface area contributed by atoms with Crippen LogP contribution < -0.4 is 9.47 Å². The van der Waals surface area contributed by atoms with Gasteiger partial charge >= 0.3 is 0 Å². The quantitative estimate of drug-likeness (QED) is 0.180. The van der Waals surface area contributed by atoms with Gasteiger partial charge in [0.2, 0.25) is 11.8 Å². The van der Waals surface area contributed by atoms with Gasteiger partial charge in [0.05, 0.1) is 11.2 Å². The molecule has 4 aromatic rings. The van der Waals surface area contributed by atoms with Gasteiger partial charge in [-0.25, -0.2) is 9.37 Å². The Hall–Kier alpha value is -3.91. The maximum Gasteiger partial charge on any atom is 0.246 e. The highest BCUT2D eigenvalue weighted by Gasteiger charge is 2.20. The lowest BCUT2D eigenvalue weighted by atomic mass is 10.1. The van der Waals surface area contributed by atoms with Crippen molar-refractivity contribution in [3.63, 3.8) is 0 Å². The number of ether oxygens (including phenoxy) is 2. The highest BCUT2D eigenvalue weighted by Crippen LogP contribution is 2.34. The smallest absolute Gasteiger partial charge is 0.246 e. The fourth-order valence-corrected chi connectivity index (χ4v) is 5.01. The third-order valence-corrected chi connectivity index (χ3v) is 7.40. The van der Waals surface area contributed by atoms with E-state index in [0.717, 1.165) is 36.3 Å². The molecule has 1 saturated heterocycles. The van der Waals surface area contributed by atoms with Crippen LogP contribution in [-0.2, 0) is 17.9 Å². The zero-order valence-corrected chi connectivity index (χ0v) is 25.7. The van der Waals surface area contributed by atoms with Gasteiger partial charge in [0.25, 0.3) is 0 Å². The van der Waals surface area contributed by atoms with E-state index in [4.69, 9.17) is 21.1 Å². The highest BCUT2D eigenvalue weighted by atomic mass is 35.5. The number of aromatic nitrogens is 1. The SMILES string of the molecule is Cc1ccc(CN2CCN(C(=O)C=Cc3cc(C)c(Oc4ccc(OCc5ccc(F)cc5)cn4)c(Cl)c3)CC2)cc1.Cl. The number of carbonyl (C=O) groups excluding carboxylic acids is 1. The van der Waals surface area contributed by atoms with Crippen molar-refractivity contribution in [1.29, 1.82) is 0 Å². The summed E-state index contributed by atoms with van der Waals surface area (Å²) in [6.07, 6.45) is 4.95. The molecule has 0 radical (unpaired) electrons. The van der Waals surface area contributed by atoms with E-state index in [1.807, 2.05) is 17.9 Å². The molecule has 0 aliphatic carbocycles. The van der Waals surface area contributed by atoms with E-state index in [-0.39, 0.29) is 24.1 Å². The normalized spacial score (nSPS) is 13.5. The number of pyridine rings is 1. The van der Waals surface area contributed by atoms with Crippen LogP contribution in [0.3, 0.4) is 0 Å². The number of aryl methyl sites for hydroxylation is 2. The third-order valence-electron chi connectivity index (χ3n) is 7.12. The number of nitrogens with zero attached hydrogens (tertiary/aromatic N) is 3. The lowest BCUT2D eigenvalue weighted by Gasteiger charge is -2.34. The predicted molar refractivity (Wildman–Crippen MR) is 171 cm³/mol. The molecule has 224 valence electrons. The number of piperazine rings is 1. The van der Waals surface area contributed by atoms with Gasteiger partial charge in [-0.2, -0.15) is 0 Å². The average molecular weight is 623 g/mol. The van der Waals surface area contributed by atoms with Gasteiger partial charge in [0.15, 0.2) is 5.75 Å². The summed E-state index contributed by atoms with van der Waals surface area (Å²) in [6.45, 7) is 8.28. The minimum absolute atomic E-state index is 0. The molecule has 1 aliphatic rings. The van der Waals surface area contributed by atoms with E-state index in [0.29, 0.717) is 42.1 Å². The molecule has 3 aromatic carbocycles. The minimum atomic E-state index is -0.285. The molecule has 1 aromatic heterocycles. The van der Waals surface area contributed by atoms with Crippen molar-refractivity contribution in [2.24, 2.45) is 0 Å². The van der Waals surface area contributed by atoms with Crippen molar-refractivity contribution in [2.45, 2.75) is 27.0 Å². The summed E-state index contributed by atoms with van der Waals surface area (Å²) >= 11 is 6.56. The van der Waals surface area contributed by atoms with Crippen LogP contribution >= 0.6 is 24.0 Å². The van der Waals surface area contributed by atoms with E-state index in [2.05, 4.69) is 41.1 Å². The zero-order chi connectivity index (χ0) is 29.5. The molecular weight excluding hydrogens is 588 g/mol. The Labute approximate surface area is 263 Å². The van der Waals surface area contributed by atoms with Crippen molar-refractivity contribution in [2.75, 3.05) is 26.2 Å². The molecule has 0 N–H and O–H groups in total. The standard InChI is InChI=1S/C34H33ClFN3O3.ClH/c1-24-3-5-26(6-4-24)22-38-15-17-39(18-16-38)33(40)14-9-28-19-25(2)34(31(35)20-28)42-32-13-12-30(21-37-32)41-23-27-7-10-29(36)11-8-27;/h3-14,19-21H,15-18,22-23H2,1-2H3;1H. The number of amides is 1. The third kappa shape index (κ3) is 9.04. The van der Waals surface area contributed by atoms with Gasteiger partial charge in [-0.1, -0.05) is 53.6 Å². The Bertz CT molecular complexity index is 1510. The molecular formula is C34H34Cl2FN3O3. The first-order valence-electron chi connectivity index (χ1n) is 13.9. The number of hydrogen-bond donors (Lipinski definition) is 0. The molecule has 2 heterocycles. The van der Waals surface area contributed by atoms with Gasteiger partial charge < -0.3 is 14.4 Å². The second-order valence-corrected chi connectivity index (χ2v) is 10.8. The van der Waals surface area contributed by atoms with Crippen molar-refractivity contribution < 1.29 is 18.7 Å². The summed E-state index contributed by atoms with van der Waals surface area (Å²) in [5.74, 6) is 1.14. The number of carbonyl (C=O) groups is 1. The maximum absolute atomic E-state index is 13.1. The van der Waals surface area contributed by atoms with E-state index >= 15 is 0 Å². The predicted octanol–water partition coefficient (Wildman–Crippen LogP) is 7.64. The van der Waals surface area contributed by atoms with Crippen LogP contribution in [0.5, 0.6) is 17.4 Å². The lowest BCUT2D eigenvalue weighted by Crippen LogP contribution is -2.47. The summed E-state index contributed by atoms with van der Waals surface area (Å²) in [7, 11) is 0. The van der Waals surface area contributed by atoms with Gasteiger partial charge in [-0.05, 0) is 72.5 Å². The largest absolute Gasteiger partial charge is 0.487 e. The van der Waals surface area contributed by atoms with Crippen molar-refractivity contribution in [1.82, 2.24) is 14.8 Å². The number of halogens is 3. The molecule has 0 bridgehead atoms. The molecule has 5 rings (SSSR count). The molecule has 1 aliphatic heterocycles. The molecule has 43 heavy (non-hydrogen) atoms. The van der Waals surface area contributed by atoms with Crippen LogP contribution in [0.2, 0.25) is 5.02 Å². The summed E-state index contributed by atoms with van der Waals surface area (Å²) in [5, 5.41) is 0.422. The van der Waals surface area contributed by atoms with Crippen LogP contribution in [-0.4, -0.2) is 46.9 Å².